The molecule has 4 aromatic rings. The highest BCUT2D eigenvalue weighted by atomic mass is 16.3. The number of aromatic nitrogens is 2. The molecule has 0 unspecified atom stereocenters. The van der Waals surface area contributed by atoms with Gasteiger partial charge >= 0.3 is 0 Å². The van der Waals surface area contributed by atoms with Crippen molar-refractivity contribution in [1.29, 1.82) is 0 Å². The zero-order chi connectivity index (χ0) is 14.9. The van der Waals surface area contributed by atoms with E-state index in [1.165, 1.54) is 0 Å². The Morgan fingerprint density at radius 1 is 0.727 bits per heavy atom. The first-order valence-electron chi connectivity index (χ1n) is 7.15. The predicted molar refractivity (Wildman–Crippen MR) is 88.6 cm³/mol. The van der Waals surface area contributed by atoms with E-state index >= 15 is 0 Å². The Hall–Kier alpha value is -3.07. The minimum absolute atomic E-state index is 0.254. The van der Waals surface area contributed by atoms with Crippen LogP contribution in [0.15, 0.2) is 72.8 Å². The topological polar surface area (TPSA) is 48.9 Å². The Labute approximate surface area is 127 Å². The number of imidazole rings is 1. The molecule has 0 aliphatic heterocycles. The summed E-state index contributed by atoms with van der Waals surface area (Å²) in [6.45, 7) is 0. The van der Waals surface area contributed by atoms with Crippen molar-refractivity contribution in [2.75, 3.05) is 0 Å². The van der Waals surface area contributed by atoms with Crippen LogP contribution in [-0.2, 0) is 0 Å². The lowest BCUT2D eigenvalue weighted by atomic mass is 10.0. The van der Waals surface area contributed by atoms with E-state index in [9.17, 15) is 5.11 Å². The summed E-state index contributed by atoms with van der Waals surface area (Å²) in [5.74, 6) is 1.06. The summed E-state index contributed by atoms with van der Waals surface area (Å²) >= 11 is 0. The van der Waals surface area contributed by atoms with Crippen LogP contribution < -0.4 is 0 Å². The molecular formula is C19H14N2O. The van der Waals surface area contributed by atoms with Crippen molar-refractivity contribution in [2.45, 2.75) is 0 Å². The quantitative estimate of drug-likeness (QED) is 0.565. The molecule has 0 aliphatic rings. The van der Waals surface area contributed by atoms with E-state index < -0.39 is 0 Å². The van der Waals surface area contributed by atoms with Crippen LogP contribution in [0.3, 0.4) is 0 Å². The maximum Gasteiger partial charge on any atom is 0.138 e. The number of phenolic OH excluding ortho intramolecular Hbond substituents is 1. The minimum Gasteiger partial charge on any atom is -0.508 e. The first-order chi connectivity index (χ1) is 10.8. The molecule has 22 heavy (non-hydrogen) atoms. The molecule has 0 radical (unpaired) electrons. The van der Waals surface area contributed by atoms with Crippen LogP contribution in [0, 0.1) is 0 Å². The van der Waals surface area contributed by atoms with Gasteiger partial charge in [0, 0.05) is 11.1 Å². The number of hydrogen-bond acceptors (Lipinski definition) is 2. The first kappa shape index (κ1) is 12.7. The number of H-pyrrole nitrogens is 1. The van der Waals surface area contributed by atoms with Gasteiger partial charge in [0.1, 0.15) is 11.6 Å². The molecule has 1 aromatic heterocycles. The van der Waals surface area contributed by atoms with Gasteiger partial charge in [0.05, 0.1) is 11.0 Å². The lowest BCUT2D eigenvalue weighted by Crippen LogP contribution is -1.80. The highest BCUT2D eigenvalue weighted by Crippen LogP contribution is 2.29. The van der Waals surface area contributed by atoms with E-state index in [0.717, 1.165) is 33.5 Å². The molecule has 3 nitrogen and oxygen atoms in total. The molecule has 3 heteroatoms. The van der Waals surface area contributed by atoms with Crippen LogP contribution in [0.4, 0.5) is 0 Å². The van der Waals surface area contributed by atoms with Gasteiger partial charge in [-0.2, -0.15) is 0 Å². The number of aromatic amines is 1. The number of fused-ring (bicyclic) bond motifs is 1. The number of para-hydroxylation sites is 1. The van der Waals surface area contributed by atoms with Crippen LogP contribution in [0.25, 0.3) is 33.5 Å². The largest absolute Gasteiger partial charge is 0.508 e. The molecule has 0 bridgehead atoms. The van der Waals surface area contributed by atoms with E-state index in [4.69, 9.17) is 4.98 Å². The van der Waals surface area contributed by atoms with Gasteiger partial charge in [0.25, 0.3) is 0 Å². The zero-order valence-electron chi connectivity index (χ0n) is 11.8. The van der Waals surface area contributed by atoms with E-state index in [1.807, 2.05) is 42.5 Å². The Morgan fingerprint density at radius 3 is 2.27 bits per heavy atom. The maximum atomic E-state index is 9.41. The number of hydrogen-bond donors (Lipinski definition) is 2. The average Bonchev–Trinajstić information content (AvgIpc) is 3.00. The minimum atomic E-state index is 0.254. The van der Waals surface area contributed by atoms with Crippen LogP contribution in [-0.4, -0.2) is 15.1 Å². The van der Waals surface area contributed by atoms with E-state index in [-0.39, 0.29) is 5.75 Å². The normalized spacial score (nSPS) is 10.9. The molecule has 106 valence electrons. The Morgan fingerprint density at radius 2 is 1.50 bits per heavy atom. The molecule has 0 atom stereocenters. The van der Waals surface area contributed by atoms with Crippen molar-refractivity contribution in [3.63, 3.8) is 0 Å². The predicted octanol–water partition coefficient (Wildman–Crippen LogP) is 4.60. The fraction of sp³-hybridized carbons (Fsp3) is 0. The van der Waals surface area contributed by atoms with E-state index in [2.05, 4.69) is 23.2 Å². The van der Waals surface area contributed by atoms with Crippen molar-refractivity contribution < 1.29 is 5.11 Å². The van der Waals surface area contributed by atoms with E-state index in [1.54, 1.807) is 12.1 Å². The van der Waals surface area contributed by atoms with Crippen molar-refractivity contribution in [1.82, 2.24) is 9.97 Å². The molecule has 0 aliphatic carbocycles. The van der Waals surface area contributed by atoms with Crippen LogP contribution in [0.1, 0.15) is 0 Å². The summed E-state index contributed by atoms with van der Waals surface area (Å²) in [5, 5.41) is 9.41. The molecule has 2 N–H and O–H groups in total. The number of rotatable bonds is 2. The van der Waals surface area contributed by atoms with Gasteiger partial charge in [-0.15, -0.1) is 0 Å². The molecule has 0 amide bonds. The first-order valence-corrected chi connectivity index (χ1v) is 7.15. The summed E-state index contributed by atoms with van der Waals surface area (Å²) in [7, 11) is 0. The summed E-state index contributed by atoms with van der Waals surface area (Å²) < 4.78 is 0. The standard InChI is InChI=1S/C19H14N2O/c22-15-11-9-14(10-12-15)19-20-17-8-4-7-16(18(17)21-19)13-5-2-1-3-6-13/h1-12,22H,(H,20,21). The number of nitrogens with zero attached hydrogens (tertiary/aromatic N) is 1. The molecule has 0 saturated heterocycles. The highest BCUT2D eigenvalue weighted by molar-refractivity contribution is 5.93. The maximum absolute atomic E-state index is 9.41. The van der Waals surface area contributed by atoms with Crippen molar-refractivity contribution in [3.8, 4) is 28.3 Å². The molecule has 1 heterocycles. The van der Waals surface area contributed by atoms with Crippen LogP contribution >= 0.6 is 0 Å². The molecule has 0 saturated carbocycles. The second-order valence-corrected chi connectivity index (χ2v) is 5.20. The SMILES string of the molecule is Oc1ccc(-c2nc3c(-c4ccccc4)cccc3[nH]2)cc1. The molecular weight excluding hydrogens is 272 g/mol. The monoisotopic (exact) mass is 286 g/mol. The molecule has 3 aromatic carbocycles. The van der Waals surface area contributed by atoms with Gasteiger partial charge in [-0.25, -0.2) is 4.98 Å². The lowest BCUT2D eigenvalue weighted by molar-refractivity contribution is 0.475. The van der Waals surface area contributed by atoms with Crippen molar-refractivity contribution >= 4 is 11.0 Å². The number of benzene rings is 3. The number of phenols is 1. The van der Waals surface area contributed by atoms with Gasteiger partial charge in [-0.1, -0.05) is 42.5 Å². The van der Waals surface area contributed by atoms with Crippen molar-refractivity contribution in [2.24, 2.45) is 0 Å². The van der Waals surface area contributed by atoms with Gasteiger partial charge in [0.15, 0.2) is 0 Å². The van der Waals surface area contributed by atoms with Gasteiger partial charge < -0.3 is 10.1 Å². The third-order valence-electron chi connectivity index (χ3n) is 3.74. The highest BCUT2D eigenvalue weighted by Gasteiger charge is 2.10. The fourth-order valence-electron chi connectivity index (χ4n) is 2.64. The molecule has 0 spiro atoms. The van der Waals surface area contributed by atoms with E-state index in [0.29, 0.717) is 0 Å². The van der Waals surface area contributed by atoms with Gasteiger partial charge in [0.2, 0.25) is 0 Å². The number of nitrogens with one attached hydrogen (secondary N) is 1. The zero-order valence-corrected chi connectivity index (χ0v) is 11.8. The third kappa shape index (κ3) is 2.13. The van der Waals surface area contributed by atoms with Crippen molar-refractivity contribution in [3.05, 3.63) is 72.8 Å². The Bertz CT molecular complexity index is 925. The summed E-state index contributed by atoms with van der Waals surface area (Å²) in [5.41, 5.74) is 5.17. The molecule has 0 fully saturated rings. The lowest BCUT2D eigenvalue weighted by Gasteiger charge is -2.01. The third-order valence-corrected chi connectivity index (χ3v) is 3.74. The number of aromatic hydroxyl groups is 1. The Kier molecular flexibility index (Phi) is 2.90. The summed E-state index contributed by atoms with van der Waals surface area (Å²) in [4.78, 5) is 8.10. The summed E-state index contributed by atoms with van der Waals surface area (Å²) in [6.07, 6.45) is 0. The fourth-order valence-corrected chi connectivity index (χ4v) is 2.64. The second kappa shape index (κ2) is 5.04. The average molecular weight is 286 g/mol. The van der Waals surface area contributed by atoms with Crippen LogP contribution in [0.2, 0.25) is 0 Å². The van der Waals surface area contributed by atoms with Crippen LogP contribution in [0.5, 0.6) is 5.75 Å². The smallest absolute Gasteiger partial charge is 0.138 e. The Balaban J connectivity index is 1.89. The molecule has 4 rings (SSSR count). The van der Waals surface area contributed by atoms with Gasteiger partial charge in [-0.3, -0.25) is 0 Å². The summed E-state index contributed by atoms with van der Waals surface area (Å²) in [6, 6.07) is 23.4. The second-order valence-electron chi connectivity index (χ2n) is 5.20. The van der Waals surface area contributed by atoms with Gasteiger partial charge in [-0.05, 0) is 35.9 Å².